The molecule has 2 nitrogen and oxygen atoms in total. The van der Waals surface area contributed by atoms with Gasteiger partial charge in [0.05, 0.1) is 11.4 Å². The number of nitrogens with one attached hydrogen (secondary N) is 1. The summed E-state index contributed by atoms with van der Waals surface area (Å²) in [6, 6.07) is 39.4. The number of rotatable bonds is 8. The van der Waals surface area contributed by atoms with Crippen molar-refractivity contribution in [1.82, 2.24) is 0 Å². The lowest BCUT2D eigenvalue weighted by Gasteiger charge is -2.19. The molecule has 1 aliphatic carbocycles. The van der Waals surface area contributed by atoms with Crippen molar-refractivity contribution in [3.05, 3.63) is 157 Å². The van der Waals surface area contributed by atoms with Crippen LogP contribution in [0.3, 0.4) is 0 Å². The minimum atomic E-state index is 0.563. The number of allylic oxidation sites excluding steroid dienone is 4. The number of benzene rings is 6. The molecular weight excluding hydrogens is 617 g/mol. The maximum atomic E-state index is 4.45. The van der Waals surface area contributed by atoms with E-state index in [1.165, 1.54) is 54.9 Å². The average Bonchev–Trinajstić information content (AvgIpc) is 3.20. The summed E-state index contributed by atoms with van der Waals surface area (Å²) >= 11 is 0. The smallest absolute Gasteiger partial charge is 0.0863 e. The molecule has 51 heavy (non-hydrogen) atoms. The van der Waals surface area contributed by atoms with Crippen LogP contribution in [-0.4, -0.2) is 6.72 Å². The third-order valence-electron chi connectivity index (χ3n) is 9.16. The molecule has 0 saturated carbocycles. The summed E-state index contributed by atoms with van der Waals surface area (Å²) in [6.07, 6.45) is 13.9. The van der Waals surface area contributed by atoms with Crippen molar-refractivity contribution in [3.63, 3.8) is 0 Å². The van der Waals surface area contributed by atoms with E-state index in [1.54, 1.807) is 0 Å². The van der Waals surface area contributed by atoms with E-state index >= 15 is 0 Å². The SMILES string of the molecule is C=Cc1cccc(-c2ccc(-c3c4ccccc4c(-c4ccc(NC5=CCC(C)C=C5)c(N=C)c4)c4ccccc34)cc2)c1/C=C\C.CC.CC. The maximum absolute atomic E-state index is 4.45. The van der Waals surface area contributed by atoms with Crippen molar-refractivity contribution in [2.45, 2.75) is 48.0 Å². The first-order valence-electron chi connectivity index (χ1n) is 18.3. The summed E-state index contributed by atoms with van der Waals surface area (Å²) in [5, 5.41) is 8.43. The molecule has 6 aromatic rings. The van der Waals surface area contributed by atoms with Crippen LogP contribution in [0.4, 0.5) is 11.4 Å². The maximum Gasteiger partial charge on any atom is 0.0863 e. The summed E-state index contributed by atoms with van der Waals surface area (Å²) in [5.74, 6) is 0.563. The van der Waals surface area contributed by atoms with Crippen molar-refractivity contribution in [2.24, 2.45) is 10.9 Å². The van der Waals surface area contributed by atoms with Crippen molar-refractivity contribution < 1.29 is 0 Å². The van der Waals surface area contributed by atoms with Crippen molar-refractivity contribution in [2.75, 3.05) is 5.32 Å². The number of fused-ring (bicyclic) bond motifs is 2. The van der Waals surface area contributed by atoms with Gasteiger partial charge in [-0.05, 0) is 110 Å². The Balaban J connectivity index is 0.00000122. The molecule has 0 aromatic heterocycles. The zero-order valence-corrected chi connectivity index (χ0v) is 31.0. The molecule has 0 spiro atoms. The highest BCUT2D eigenvalue weighted by molar-refractivity contribution is 6.21. The zero-order valence-electron chi connectivity index (χ0n) is 31.0. The van der Waals surface area contributed by atoms with Gasteiger partial charge in [-0.1, -0.05) is 169 Å². The van der Waals surface area contributed by atoms with Gasteiger partial charge in [0.1, 0.15) is 0 Å². The van der Waals surface area contributed by atoms with Gasteiger partial charge in [0.25, 0.3) is 0 Å². The van der Waals surface area contributed by atoms with Crippen LogP contribution in [0.25, 0.3) is 67.1 Å². The van der Waals surface area contributed by atoms with Crippen LogP contribution in [0.15, 0.2) is 151 Å². The number of hydrogen-bond donors (Lipinski definition) is 1. The first-order chi connectivity index (χ1) is 25.1. The van der Waals surface area contributed by atoms with Gasteiger partial charge in [-0.3, -0.25) is 4.99 Å². The Labute approximate surface area is 305 Å². The largest absolute Gasteiger partial charge is 0.354 e. The van der Waals surface area contributed by atoms with Gasteiger partial charge in [-0.25, -0.2) is 0 Å². The molecule has 256 valence electrons. The summed E-state index contributed by atoms with van der Waals surface area (Å²) < 4.78 is 0. The molecule has 0 heterocycles. The van der Waals surface area contributed by atoms with Gasteiger partial charge in [-0.2, -0.15) is 0 Å². The monoisotopic (exact) mass is 666 g/mol. The van der Waals surface area contributed by atoms with Gasteiger partial charge in [0.2, 0.25) is 0 Å². The summed E-state index contributed by atoms with van der Waals surface area (Å²) in [7, 11) is 0. The van der Waals surface area contributed by atoms with Crippen molar-refractivity contribution in [3.8, 4) is 33.4 Å². The average molecular weight is 667 g/mol. The fourth-order valence-corrected chi connectivity index (χ4v) is 6.83. The van der Waals surface area contributed by atoms with E-state index in [0.717, 1.165) is 34.6 Å². The van der Waals surface area contributed by atoms with Crippen LogP contribution in [0.5, 0.6) is 0 Å². The molecule has 0 amide bonds. The Morgan fingerprint density at radius 2 is 1.27 bits per heavy atom. The number of anilines is 1. The highest BCUT2D eigenvalue weighted by Gasteiger charge is 2.18. The molecule has 0 fully saturated rings. The minimum absolute atomic E-state index is 0.563. The quantitative estimate of drug-likeness (QED) is 0.127. The van der Waals surface area contributed by atoms with E-state index in [0.29, 0.717) is 5.92 Å². The Bertz CT molecular complexity index is 2190. The first-order valence-corrected chi connectivity index (χ1v) is 18.3. The van der Waals surface area contributed by atoms with E-state index in [-0.39, 0.29) is 0 Å². The molecule has 1 unspecified atom stereocenters. The predicted octanol–water partition coefficient (Wildman–Crippen LogP) is 14.9. The lowest BCUT2D eigenvalue weighted by Crippen LogP contribution is -2.03. The highest BCUT2D eigenvalue weighted by Crippen LogP contribution is 2.45. The second kappa shape index (κ2) is 17.3. The lowest BCUT2D eigenvalue weighted by atomic mass is 9.85. The minimum Gasteiger partial charge on any atom is -0.354 e. The van der Waals surface area contributed by atoms with E-state index < -0.39 is 0 Å². The fourth-order valence-electron chi connectivity index (χ4n) is 6.83. The molecule has 0 bridgehead atoms. The van der Waals surface area contributed by atoms with Crippen LogP contribution in [-0.2, 0) is 0 Å². The van der Waals surface area contributed by atoms with E-state index in [9.17, 15) is 0 Å². The van der Waals surface area contributed by atoms with Gasteiger partial charge in [0, 0.05) is 5.70 Å². The Morgan fingerprint density at radius 1 is 0.706 bits per heavy atom. The highest BCUT2D eigenvalue weighted by atomic mass is 14.9. The van der Waals surface area contributed by atoms with Crippen LogP contribution in [0.1, 0.15) is 59.1 Å². The molecule has 1 N–H and O–H groups in total. The molecule has 0 radical (unpaired) electrons. The van der Waals surface area contributed by atoms with Crippen LogP contribution < -0.4 is 5.32 Å². The third kappa shape index (κ3) is 7.56. The zero-order chi connectivity index (χ0) is 36.3. The summed E-state index contributed by atoms with van der Waals surface area (Å²) in [6.45, 7) is 20.3. The molecule has 1 aliphatic rings. The first kappa shape index (κ1) is 36.5. The summed E-state index contributed by atoms with van der Waals surface area (Å²) in [5.41, 5.74) is 12.3. The molecule has 7 rings (SSSR count). The molecule has 6 aromatic carbocycles. The van der Waals surface area contributed by atoms with Crippen molar-refractivity contribution >= 4 is 51.8 Å². The Hall–Kier alpha value is -5.73. The van der Waals surface area contributed by atoms with E-state index in [1.807, 2.05) is 33.8 Å². The fraction of sp³-hybridized carbons (Fsp3) is 0.163. The predicted molar refractivity (Wildman–Crippen MR) is 229 cm³/mol. The molecule has 1 atom stereocenters. The normalized spacial score (nSPS) is 13.5. The second-order valence-corrected chi connectivity index (χ2v) is 12.2. The topological polar surface area (TPSA) is 24.4 Å². The van der Waals surface area contributed by atoms with Crippen LogP contribution in [0.2, 0.25) is 0 Å². The molecule has 2 heteroatoms. The number of nitrogens with zero attached hydrogens (tertiary/aromatic N) is 1. The summed E-state index contributed by atoms with van der Waals surface area (Å²) in [4.78, 5) is 4.45. The molecular formula is C49H50N2. The lowest BCUT2D eigenvalue weighted by molar-refractivity contribution is 0.731. The number of aliphatic imine (C=N–C) groups is 1. The third-order valence-corrected chi connectivity index (χ3v) is 9.16. The van der Waals surface area contributed by atoms with Gasteiger partial charge < -0.3 is 5.32 Å². The van der Waals surface area contributed by atoms with E-state index in [4.69, 9.17) is 0 Å². The van der Waals surface area contributed by atoms with Gasteiger partial charge >= 0.3 is 0 Å². The van der Waals surface area contributed by atoms with E-state index in [2.05, 4.69) is 177 Å². The molecule has 0 saturated heterocycles. The van der Waals surface area contributed by atoms with Crippen LogP contribution in [0, 0.1) is 5.92 Å². The van der Waals surface area contributed by atoms with Crippen molar-refractivity contribution in [1.29, 1.82) is 0 Å². The Morgan fingerprint density at radius 3 is 1.80 bits per heavy atom. The van der Waals surface area contributed by atoms with Crippen LogP contribution >= 0.6 is 0 Å². The second-order valence-electron chi connectivity index (χ2n) is 12.2. The number of hydrogen-bond acceptors (Lipinski definition) is 2. The standard InChI is InChI=1S/C45H38N2.2C2H6/c1-5-12-36-31(6-2)13-11-18-37(36)32-21-23-33(24-22-32)44-38-14-7-9-16-40(38)45(41-17-10-8-15-39(41)44)34-25-28-42(43(29-34)46-4)47-35-26-19-30(3)20-27-35;2*1-2/h5-19,21-30,47H,2,4,20H2,1,3H3;2*1-2H3/b12-5-;;. The van der Waals surface area contributed by atoms with Gasteiger partial charge in [0.15, 0.2) is 0 Å². The Kier molecular flexibility index (Phi) is 12.4. The van der Waals surface area contributed by atoms with Gasteiger partial charge in [-0.15, -0.1) is 0 Å². The molecule has 0 aliphatic heterocycles.